The average Bonchev–Trinajstić information content (AvgIpc) is 3.10. The van der Waals surface area contributed by atoms with Crippen LogP contribution in [0.5, 0.6) is 0 Å². The van der Waals surface area contributed by atoms with Crippen molar-refractivity contribution in [2.75, 3.05) is 23.0 Å². The van der Waals surface area contributed by atoms with Crippen LogP contribution in [-0.2, 0) is 4.79 Å². The monoisotopic (exact) mass is 440 g/mol. The topological polar surface area (TPSA) is 101 Å². The largest absolute Gasteiger partial charge is 0.335 e. The number of hydrogen-bond donors (Lipinski definition) is 1. The Hall–Kier alpha value is -3.02. The number of nitrogens with zero attached hydrogens (tertiary/aromatic N) is 5. The lowest BCUT2D eigenvalue weighted by molar-refractivity contribution is -0.116. The number of carbonyl (C=O) groups is 1. The van der Waals surface area contributed by atoms with Crippen LogP contribution in [0.25, 0.3) is 11.4 Å². The van der Waals surface area contributed by atoms with Gasteiger partial charge in [-0.25, -0.2) is 4.68 Å². The maximum absolute atomic E-state index is 13.0. The molecule has 0 spiro atoms. The molecule has 2 N–H and O–H groups in total. The number of aryl methyl sites for hydroxylation is 1. The minimum Gasteiger partial charge on any atom is -0.335 e. The van der Waals surface area contributed by atoms with Gasteiger partial charge in [0.2, 0.25) is 11.1 Å². The summed E-state index contributed by atoms with van der Waals surface area (Å²) in [6.07, 6.45) is 0.246. The van der Waals surface area contributed by atoms with Crippen molar-refractivity contribution in [3.63, 3.8) is 0 Å². The van der Waals surface area contributed by atoms with E-state index in [1.54, 1.807) is 23.1 Å². The van der Waals surface area contributed by atoms with Gasteiger partial charge in [-0.05, 0) is 43.2 Å². The first kappa shape index (κ1) is 21.7. The summed E-state index contributed by atoms with van der Waals surface area (Å²) in [6.45, 7) is 4.29. The van der Waals surface area contributed by atoms with Gasteiger partial charge in [0.05, 0.1) is 18.2 Å². The van der Waals surface area contributed by atoms with Gasteiger partial charge in [0.15, 0.2) is 5.82 Å². The molecule has 0 aliphatic carbocycles. The van der Waals surface area contributed by atoms with Crippen molar-refractivity contribution in [2.45, 2.75) is 25.4 Å². The Kier molecular flexibility index (Phi) is 6.98. The van der Waals surface area contributed by atoms with Crippen LogP contribution in [0.2, 0.25) is 5.02 Å². The van der Waals surface area contributed by atoms with Crippen LogP contribution in [0.3, 0.4) is 0 Å². The molecule has 0 radical (unpaired) electrons. The van der Waals surface area contributed by atoms with E-state index in [-0.39, 0.29) is 18.1 Å². The zero-order chi connectivity index (χ0) is 21.7. The lowest BCUT2D eigenvalue weighted by Gasteiger charge is -2.24. The van der Waals surface area contributed by atoms with Crippen molar-refractivity contribution in [2.24, 2.45) is 0 Å². The number of nitriles is 1. The molecule has 7 nitrogen and oxygen atoms in total. The number of hydrogen-bond acceptors (Lipinski definition) is 6. The molecular weight excluding hydrogens is 420 g/mol. The van der Waals surface area contributed by atoms with Gasteiger partial charge in [-0.2, -0.15) is 5.26 Å². The maximum atomic E-state index is 13.0. The van der Waals surface area contributed by atoms with Crippen LogP contribution in [-0.4, -0.2) is 33.1 Å². The van der Waals surface area contributed by atoms with Gasteiger partial charge in [-0.3, -0.25) is 4.79 Å². The highest BCUT2D eigenvalue weighted by molar-refractivity contribution is 7.99. The smallest absolute Gasteiger partial charge is 0.237 e. The van der Waals surface area contributed by atoms with Crippen molar-refractivity contribution in [3.8, 4) is 17.5 Å². The van der Waals surface area contributed by atoms with Gasteiger partial charge in [-0.15, -0.1) is 10.2 Å². The van der Waals surface area contributed by atoms with Crippen LogP contribution in [0.1, 0.15) is 17.5 Å². The van der Waals surface area contributed by atoms with Crippen molar-refractivity contribution in [1.82, 2.24) is 14.9 Å². The molecule has 0 fully saturated rings. The minimum absolute atomic E-state index is 0.115. The van der Waals surface area contributed by atoms with Crippen LogP contribution >= 0.6 is 23.4 Å². The third kappa shape index (κ3) is 4.75. The van der Waals surface area contributed by atoms with Gasteiger partial charge >= 0.3 is 0 Å². The van der Waals surface area contributed by atoms with Gasteiger partial charge in [0.1, 0.15) is 0 Å². The normalized spacial score (nSPS) is 10.6. The minimum atomic E-state index is -0.128. The van der Waals surface area contributed by atoms with Gasteiger partial charge < -0.3 is 10.7 Å². The average molecular weight is 441 g/mol. The number of nitrogen functional groups attached to an aromatic ring is 1. The highest BCUT2D eigenvalue weighted by atomic mass is 35.5. The Morgan fingerprint density at radius 1 is 1.27 bits per heavy atom. The first-order chi connectivity index (χ1) is 14.4. The Morgan fingerprint density at radius 3 is 2.77 bits per heavy atom. The summed E-state index contributed by atoms with van der Waals surface area (Å²) >= 11 is 7.24. The number of nitrogens with two attached hydrogens (primary N) is 1. The number of thioether (sulfide) groups is 1. The highest BCUT2D eigenvalue weighted by Gasteiger charge is 2.20. The standard InChI is InChI=1S/C21H21ClN6OS/c1-14-6-3-9-18(15(14)2)27(11-5-10-23)19(29)13-30-21-26-25-20(28(21)24)16-7-4-8-17(22)12-16/h3-4,6-9,12H,5,11,13,24H2,1-2H3. The molecule has 2 aromatic carbocycles. The molecular formula is C21H21ClN6OS. The second kappa shape index (κ2) is 9.65. The summed E-state index contributed by atoms with van der Waals surface area (Å²) in [4.78, 5) is 14.6. The number of benzene rings is 2. The molecule has 3 aromatic rings. The maximum Gasteiger partial charge on any atom is 0.237 e. The highest BCUT2D eigenvalue weighted by Crippen LogP contribution is 2.26. The van der Waals surface area contributed by atoms with Crippen LogP contribution in [0.4, 0.5) is 5.69 Å². The first-order valence-corrected chi connectivity index (χ1v) is 10.6. The summed E-state index contributed by atoms with van der Waals surface area (Å²) in [6, 6.07) is 15.1. The Labute approximate surface area is 184 Å². The molecule has 1 heterocycles. The lowest BCUT2D eigenvalue weighted by Crippen LogP contribution is -2.34. The zero-order valence-corrected chi connectivity index (χ0v) is 18.2. The number of amides is 1. The van der Waals surface area contributed by atoms with Gasteiger partial charge in [0, 0.05) is 22.8 Å². The number of aromatic nitrogens is 3. The molecule has 3 rings (SSSR count). The fraction of sp³-hybridized carbons (Fsp3) is 0.238. The summed E-state index contributed by atoms with van der Waals surface area (Å²) < 4.78 is 1.35. The molecule has 0 saturated heterocycles. The predicted molar refractivity (Wildman–Crippen MR) is 120 cm³/mol. The van der Waals surface area contributed by atoms with E-state index in [0.29, 0.717) is 22.5 Å². The summed E-state index contributed by atoms with van der Waals surface area (Å²) in [5.41, 5.74) is 3.65. The zero-order valence-electron chi connectivity index (χ0n) is 16.7. The van der Waals surface area contributed by atoms with Crippen molar-refractivity contribution < 1.29 is 4.79 Å². The van der Waals surface area contributed by atoms with Gasteiger partial charge in [-0.1, -0.05) is 47.6 Å². The Morgan fingerprint density at radius 2 is 2.03 bits per heavy atom. The second-order valence-corrected chi connectivity index (χ2v) is 8.03. The molecule has 154 valence electrons. The van der Waals surface area contributed by atoms with Crippen molar-refractivity contribution in [1.29, 1.82) is 5.26 Å². The van der Waals surface area contributed by atoms with E-state index in [9.17, 15) is 4.79 Å². The number of carbonyl (C=O) groups excluding carboxylic acids is 1. The number of halogens is 1. The Bertz CT molecular complexity index is 1110. The van der Waals surface area contributed by atoms with E-state index in [2.05, 4.69) is 16.3 Å². The summed E-state index contributed by atoms with van der Waals surface area (Å²) in [5, 5.41) is 18.2. The fourth-order valence-electron chi connectivity index (χ4n) is 2.97. The van der Waals surface area contributed by atoms with E-state index >= 15 is 0 Å². The molecule has 0 unspecified atom stereocenters. The second-order valence-electron chi connectivity index (χ2n) is 6.65. The quantitative estimate of drug-likeness (QED) is 0.440. The lowest BCUT2D eigenvalue weighted by atomic mass is 10.1. The van der Waals surface area contributed by atoms with Crippen LogP contribution < -0.4 is 10.7 Å². The molecule has 0 aliphatic heterocycles. The van der Waals surface area contributed by atoms with E-state index < -0.39 is 0 Å². The van der Waals surface area contributed by atoms with Crippen LogP contribution in [0, 0.1) is 25.2 Å². The molecule has 1 amide bonds. The molecule has 0 atom stereocenters. The molecule has 0 bridgehead atoms. The van der Waals surface area contributed by atoms with E-state index in [1.165, 1.54) is 16.4 Å². The third-order valence-electron chi connectivity index (χ3n) is 4.69. The first-order valence-electron chi connectivity index (χ1n) is 9.25. The molecule has 0 saturated carbocycles. The summed E-state index contributed by atoms with van der Waals surface area (Å²) in [5.74, 6) is 6.59. The van der Waals surface area contributed by atoms with Crippen LogP contribution in [0.15, 0.2) is 47.6 Å². The third-order valence-corrected chi connectivity index (χ3v) is 5.85. The summed E-state index contributed by atoms with van der Waals surface area (Å²) in [7, 11) is 0. The number of anilines is 1. The Balaban J connectivity index is 1.77. The molecule has 0 aliphatic rings. The fourth-order valence-corrected chi connectivity index (χ4v) is 3.90. The SMILES string of the molecule is Cc1cccc(N(CCC#N)C(=O)CSc2nnc(-c3cccc(Cl)c3)n2N)c1C. The van der Waals surface area contributed by atoms with Crippen molar-refractivity contribution in [3.05, 3.63) is 58.6 Å². The van der Waals surface area contributed by atoms with E-state index in [4.69, 9.17) is 22.7 Å². The van der Waals surface area contributed by atoms with E-state index in [0.717, 1.165) is 22.4 Å². The molecule has 1 aromatic heterocycles. The molecule has 9 heteroatoms. The predicted octanol–water partition coefficient (Wildman–Crippen LogP) is 3.97. The van der Waals surface area contributed by atoms with E-state index in [1.807, 2.05) is 38.1 Å². The van der Waals surface area contributed by atoms with Gasteiger partial charge in [0.25, 0.3) is 0 Å². The number of rotatable bonds is 7. The molecule has 30 heavy (non-hydrogen) atoms. The van der Waals surface area contributed by atoms with Crippen molar-refractivity contribution >= 4 is 35.0 Å².